The predicted octanol–water partition coefficient (Wildman–Crippen LogP) is 4.69. The van der Waals surface area contributed by atoms with E-state index in [2.05, 4.69) is 11.1 Å². The van der Waals surface area contributed by atoms with Crippen molar-refractivity contribution in [3.05, 3.63) is 58.6 Å². The second-order valence-corrected chi connectivity index (χ2v) is 7.86. The Labute approximate surface area is 174 Å². The summed E-state index contributed by atoms with van der Waals surface area (Å²) in [5.41, 5.74) is 3.30. The summed E-state index contributed by atoms with van der Waals surface area (Å²) in [7, 11) is 0. The van der Waals surface area contributed by atoms with E-state index in [0.717, 1.165) is 38.7 Å². The van der Waals surface area contributed by atoms with E-state index >= 15 is 0 Å². The van der Waals surface area contributed by atoms with Gasteiger partial charge in [0.15, 0.2) is 11.5 Å². The van der Waals surface area contributed by atoms with Crippen molar-refractivity contribution in [2.75, 3.05) is 19.8 Å². The molecule has 0 fully saturated rings. The van der Waals surface area contributed by atoms with E-state index in [4.69, 9.17) is 9.47 Å². The molecule has 150 valence electrons. The maximum Gasteiger partial charge on any atom is 0.246 e. The van der Waals surface area contributed by atoms with Crippen LogP contribution in [0.4, 0.5) is 0 Å². The molecule has 5 nitrogen and oxygen atoms in total. The Morgan fingerprint density at radius 3 is 2.59 bits per heavy atom. The molecule has 0 unspecified atom stereocenters. The fraction of sp³-hybridized carbons (Fsp3) is 0.304. The van der Waals surface area contributed by atoms with Gasteiger partial charge in [-0.1, -0.05) is 12.1 Å². The minimum atomic E-state index is 0.00162. The second kappa shape index (κ2) is 8.66. The van der Waals surface area contributed by atoms with E-state index < -0.39 is 0 Å². The quantitative estimate of drug-likeness (QED) is 0.555. The van der Waals surface area contributed by atoms with Crippen LogP contribution < -0.4 is 9.47 Å². The lowest BCUT2D eigenvalue weighted by Crippen LogP contribution is -2.34. The van der Waals surface area contributed by atoms with Crippen molar-refractivity contribution >= 4 is 33.5 Å². The summed E-state index contributed by atoms with van der Waals surface area (Å²) < 4.78 is 12.6. The van der Waals surface area contributed by atoms with Crippen LogP contribution in [0.5, 0.6) is 11.5 Å². The van der Waals surface area contributed by atoms with Crippen LogP contribution in [-0.2, 0) is 17.8 Å². The van der Waals surface area contributed by atoms with E-state index in [1.807, 2.05) is 55.2 Å². The number of amides is 1. The summed E-state index contributed by atoms with van der Waals surface area (Å²) in [5.74, 6) is 1.53. The number of hydrogen-bond donors (Lipinski definition) is 0. The molecule has 1 aliphatic rings. The number of ether oxygens (including phenoxy) is 2. The standard InChI is InChI=1S/C23H24N2O3S/c1-3-27-19-13-16-11-12-25(15-17(16)14-20(19)28-4-2)23(26)10-9-22-24-18-7-5-6-8-21(18)29-22/h5-10,13-14H,3-4,11-12,15H2,1-2H3/b10-9+. The average molecular weight is 409 g/mol. The number of carbonyl (C=O) groups excluding carboxylic acids is 1. The predicted molar refractivity (Wildman–Crippen MR) is 117 cm³/mol. The maximum absolute atomic E-state index is 12.7. The van der Waals surface area contributed by atoms with Crippen molar-refractivity contribution in [3.63, 3.8) is 0 Å². The van der Waals surface area contributed by atoms with Gasteiger partial charge in [-0.15, -0.1) is 11.3 Å². The minimum Gasteiger partial charge on any atom is -0.490 e. The molecule has 1 amide bonds. The summed E-state index contributed by atoms with van der Waals surface area (Å²) in [6.45, 7) is 6.36. The third-order valence-corrected chi connectivity index (χ3v) is 5.87. The summed E-state index contributed by atoms with van der Waals surface area (Å²) in [5, 5.41) is 0.844. The Hall–Kier alpha value is -2.86. The van der Waals surface area contributed by atoms with Crippen molar-refractivity contribution in [1.29, 1.82) is 0 Å². The number of para-hydroxylation sites is 1. The van der Waals surface area contributed by atoms with Crippen LogP contribution >= 0.6 is 11.3 Å². The highest BCUT2D eigenvalue weighted by Gasteiger charge is 2.22. The van der Waals surface area contributed by atoms with Crippen LogP contribution in [0.1, 0.15) is 30.0 Å². The number of aromatic nitrogens is 1. The van der Waals surface area contributed by atoms with Gasteiger partial charge >= 0.3 is 0 Å². The fourth-order valence-corrected chi connectivity index (χ4v) is 4.37. The average Bonchev–Trinajstić information content (AvgIpc) is 3.15. The topological polar surface area (TPSA) is 51.7 Å². The lowest BCUT2D eigenvalue weighted by molar-refractivity contribution is -0.126. The van der Waals surface area contributed by atoms with Crippen LogP contribution in [0.25, 0.3) is 16.3 Å². The van der Waals surface area contributed by atoms with Gasteiger partial charge < -0.3 is 14.4 Å². The zero-order chi connectivity index (χ0) is 20.2. The number of rotatable bonds is 6. The lowest BCUT2D eigenvalue weighted by Gasteiger charge is -2.29. The van der Waals surface area contributed by atoms with Gasteiger partial charge in [0.2, 0.25) is 5.91 Å². The van der Waals surface area contributed by atoms with Crippen molar-refractivity contribution in [1.82, 2.24) is 9.88 Å². The number of thiazole rings is 1. The number of carbonyl (C=O) groups is 1. The maximum atomic E-state index is 12.7. The first-order chi connectivity index (χ1) is 14.2. The number of nitrogens with zero attached hydrogens (tertiary/aromatic N) is 2. The molecule has 3 aromatic rings. The Bertz CT molecular complexity index is 1020. The number of benzene rings is 2. The Balaban J connectivity index is 1.49. The molecule has 0 radical (unpaired) electrons. The first-order valence-corrected chi connectivity index (χ1v) is 10.7. The Morgan fingerprint density at radius 2 is 1.86 bits per heavy atom. The van der Waals surface area contributed by atoms with E-state index in [9.17, 15) is 4.79 Å². The largest absolute Gasteiger partial charge is 0.490 e. The van der Waals surface area contributed by atoms with Crippen molar-refractivity contribution in [2.45, 2.75) is 26.8 Å². The van der Waals surface area contributed by atoms with Gasteiger partial charge in [0, 0.05) is 19.2 Å². The van der Waals surface area contributed by atoms with Gasteiger partial charge in [-0.25, -0.2) is 4.98 Å². The highest BCUT2D eigenvalue weighted by atomic mass is 32.1. The highest BCUT2D eigenvalue weighted by molar-refractivity contribution is 7.19. The van der Waals surface area contributed by atoms with Crippen LogP contribution in [0.2, 0.25) is 0 Å². The molecule has 0 N–H and O–H groups in total. The molecular formula is C23H24N2O3S. The molecular weight excluding hydrogens is 384 g/mol. The van der Waals surface area contributed by atoms with Crippen LogP contribution in [0.3, 0.4) is 0 Å². The van der Waals surface area contributed by atoms with Crippen molar-refractivity contribution in [2.24, 2.45) is 0 Å². The normalized spacial score (nSPS) is 13.7. The Morgan fingerprint density at radius 1 is 1.14 bits per heavy atom. The molecule has 2 aromatic carbocycles. The molecule has 2 heterocycles. The SMILES string of the molecule is CCOc1cc2c(cc1OCC)CN(C(=O)/C=C/c1nc3ccccc3s1)CC2. The minimum absolute atomic E-state index is 0.00162. The van der Waals surface area contributed by atoms with E-state index in [1.165, 1.54) is 5.56 Å². The molecule has 0 spiro atoms. The first-order valence-electron chi connectivity index (χ1n) is 9.92. The molecule has 6 heteroatoms. The zero-order valence-corrected chi connectivity index (χ0v) is 17.5. The van der Waals surface area contributed by atoms with E-state index in [1.54, 1.807) is 17.4 Å². The summed E-state index contributed by atoms with van der Waals surface area (Å²) in [6.07, 6.45) is 4.25. The summed E-state index contributed by atoms with van der Waals surface area (Å²) in [6, 6.07) is 12.1. The molecule has 1 aromatic heterocycles. The molecule has 0 aliphatic carbocycles. The zero-order valence-electron chi connectivity index (χ0n) is 16.7. The first kappa shape index (κ1) is 19.5. The summed E-state index contributed by atoms with van der Waals surface area (Å²) in [4.78, 5) is 19.2. The van der Waals surface area contributed by atoms with Gasteiger partial charge in [-0.05, 0) is 61.7 Å². The van der Waals surface area contributed by atoms with Gasteiger partial charge in [0.1, 0.15) is 5.01 Å². The lowest BCUT2D eigenvalue weighted by atomic mass is 9.98. The smallest absolute Gasteiger partial charge is 0.246 e. The van der Waals surface area contributed by atoms with Crippen molar-refractivity contribution < 1.29 is 14.3 Å². The monoisotopic (exact) mass is 408 g/mol. The van der Waals surface area contributed by atoms with Gasteiger partial charge in [0.25, 0.3) is 0 Å². The van der Waals surface area contributed by atoms with Gasteiger partial charge in [-0.3, -0.25) is 4.79 Å². The molecule has 0 atom stereocenters. The Kier molecular flexibility index (Phi) is 5.81. The molecule has 0 bridgehead atoms. The molecule has 0 saturated heterocycles. The van der Waals surface area contributed by atoms with Crippen LogP contribution in [0.15, 0.2) is 42.5 Å². The third-order valence-electron chi connectivity index (χ3n) is 4.87. The second-order valence-electron chi connectivity index (χ2n) is 6.80. The molecule has 4 rings (SSSR count). The van der Waals surface area contributed by atoms with E-state index in [-0.39, 0.29) is 5.91 Å². The third kappa shape index (κ3) is 4.27. The molecule has 0 saturated carbocycles. The fourth-order valence-electron chi connectivity index (χ4n) is 3.50. The van der Waals surface area contributed by atoms with Crippen molar-refractivity contribution in [3.8, 4) is 11.5 Å². The molecule has 29 heavy (non-hydrogen) atoms. The van der Waals surface area contributed by atoms with Gasteiger partial charge in [0.05, 0.1) is 23.4 Å². The van der Waals surface area contributed by atoms with Crippen LogP contribution in [0, 0.1) is 0 Å². The number of fused-ring (bicyclic) bond motifs is 2. The van der Waals surface area contributed by atoms with E-state index in [0.29, 0.717) is 26.3 Å². The van der Waals surface area contributed by atoms with Gasteiger partial charge in [-0.2, -0.15) is 0 Å². The molecule has 1 aliphatic heterocycles. The summed E-state index contributed by atoms with van der Waals surface area (Å²) >= 11 is 1.59. The van der Waals surface area contributed by atoms with Crippen LogP contribution in [-0.4, -0.2) is 35.5 Å². The number of hydrogen-bond acceptors (Lipinski definition) is 5. The highest BCUT2D eigenvalue weighted by Crippen LogP contribution is 2.34.